The van der Waals surface area contributed by atoms with Crippen LogP contribution < -0.4 is 5.32 Å². The number of benzene rings is 1. The van der Waals surface area contributed by atoms with E-state index < -0.39 is 23.5 Å². The monoisotopic (exact) mass is 467 g/mol. The summed E-state index contributed by atoms with van der Waals surface area (Å²) in [6, 6.07) is 7.87. The number of pyridine rings is 1. The van der Waals surface area contributed by atoms with Crippen molar-refractivity contribution in [1.29, 1.82) is 0 Å². The maximum Gasteiger partial charge on any atom is 0.408 e. The Kier molecular flexibility index (Phi) is 5.76. The summed E-state index contributed by atoms with van der Waals surface area (Å²) in [5.41, 5.74) is 2.16. The number of methoxy groups -OCH3 is 1. The second-order valence-electron chi connectivity index (χ2n) is 9.03. The van der Waals surface area contributed by atoms with Gasteiger partial charge in [0.1, 0.15) is 17.1 Å². The number of aromatic amines is 1. The van der Waals surface area contributed by atoms with E-state index in [1.54, 1.807) is 32.4 Å². The standard InChI is InChI=1S/C24H26FN5O4/c1-12(26-23(32)34-24(2,3)4)16-8-7-13-9-18(28-20(13)27-16)21-29-17-10-14(22(31)33-6)15(25)11-19(17)30(21)5/h7-12H,1-6H3,(H,26,32)(H,27,28)/t12-/m1/s1. The van der Waals surface area contributed by atoms with Gasteiger partial charge in [0.15, 0.2) is 5.82 Å². The van der Waals surface area contributed by atoms with Crippen molar-refractivity contribution in [3.05, 3.63) is 47.4 Å². The molecule has 0 aliphatic rings. The van der Waals surface area contributed by atoms with Gasteiger partial charge in [0.05, 0.1) is 41.1 Å². The summed E-state index contributed by atoms with van der Waals surface area (Å²) in [4.78, 5) is 36.4. The largest absolute Gasteiger partial charge is 0.465 e. The molecule has 0 fully saturated rings. The molecular weight excluding hydrogens is 441 g/mol. The van der Waals surface area contributed by atoms with Gasteiger partial charge in [0.2, 0.25) is 0 Å². The lowest BCUT2D eigenvalue weighted by Crippen LogP contribution is -2.34. The van der Waals surface area contributed by atoms with Crippen molar-refractivity contribution < 1.29 is 23.5 Å². The average Bonchev–Trinajstić information content (AvgIpc) is 3.31. The number of rotatable bonds is 4. The molecule has 10 heteroatoms. The minimum Gasteiger partial charge on any atom is -0.465 e. The number of hydrogen-bond acceptors (Lipinski definition) is 6. The number of amides is 1. The molecule has 178 valence electrons. The molecule has 0 saturated carbocycles. The predicted molar refractivity (Wildman–Crippen MR) is 125 cm³/mol. The summed E-state index contributed by atoms with van der Waals surface area (Å²) in [6.45, 7) is 7.22. The highest BCUT2D eigenvalue weighted by molar-refractivity contribution is 5.95. The zero-order chi connectivity index (χ0) is 24.8. The molecule has 0 bridgehead atoms. The molecular formula is C24H26FN5O4. The zero-order valence-electron chi connectivity index (χ0n) is 19.8. The minimum absolute atomic E-state index is 0.172. The van der Waals surface area contributed by atoms with Gasteiger partial charge >= 0.3 is 12.1 Å². The van der Waals surface area contributed by atoms with Gasteiger partial charge in [-0.15, -0.1) is 0 Å². The Labute approximate surface area is 195 Å². The second kappa shape index (κ2) is 8.44. The second-order valence-corrected chi connectivity index (χ2v) is 9.03. The summed E-state index contributed by atoms with van der Waals surface area (Å²) in [5, 5.41) is 3.62. The van der Waals surface area contributed by atoms with E-state index >= 15 is 0 Å². The van der Waals surface area contributed by atoms with Crippen molar-refractivity contribution >= 4 is 34.1 Å². The lowest BCUT2D eigenvalue weighted by molar-refractivity contribution is 0.0505. The third kappa shape index (κ3) is 4.43. The number of alkyl carbamates (subject to hydrolysis) is 1. The van der Waals surface area contributed by atoms with Gasteiger partial charge in [-0.25, -0.2) is 23.9 Å². The van der Waals surface area contributed by atoms with Gasteiger partial charge in [-0.3, -0.25) is 0 Å². The van der Waals surface area contributed by atoms with E-state index in [9.17, 15) is 14.0 Å². The van der Waals surface area contributed by atoms with Crippen LogP contribution in [0.4, 0.5) is 9.18 Å². The molecule has 0 radical (unpaired) electrons. The molecule has 0 spiro atoms. The Morgan fingerprint density at radius 3 is 2.59 bits per heavy atom. The number of aromatic nitrogens is 4. The molecule has 4 rings (SSSR count). The SMILES string of the molecule is COC(=O)c1cc2nc(-c3cc4ccc([C@@H](C)NC(=O)OC(C)(C)C)nc4[nH]3)n(C)c2cc1F. The van der Waals surface area contributed by atoms with Gasteiger partial charge in [0, 0.05) is 18.5 Å². The molecule has 4 aromatic rings. The van der Waals surface area contributed by atoms with E-state index in [2.05, 4.69) is 25.0 Å². The third-order valence-corrected chi connectivity index (χ3v) is 5.29. The number of ether oxygens (including phenoxy) is 2. The number of esters is 1. The number of nitrogens with one attached hydrogen (secondary N) is 2. The molecule has 0 aliphatic carbocycles. The molecule has 3 aromatic heterocycles. The van der Waals surface area contributed by atoms with Crippen molar-refractivity contribution in [2.75, 3.05) is 7.11 Å². The summed E-state index contributed by atoms with van der Waals surface area (Å²) in [6.07, 6.45) is -0.521. The first-order valence-corrected chi connectivity index (χ1v) is 10.7. The highest BCUT2D eigenvalue weighted by atomic mass is 19.1. The van der Waals surface area contributed by atoms with E-state index in [0.29, 0.717) is 33.9 Å². The van der Waals surface area contributed by atoms with Gasteiger partial charge in [0.25, 0.3) is 0 Å². The molecule has 0 aliphatic heterocycles. The van der Waals surface area contributed by atoms with Crippen molar-refractivity contribution in [3.63, 3.8) is 0 Å². The Balaban J connectivity index is 1.66. The third-order valence-electron chi connectivity index (χ3n) is 5.29. The highest BCUT2D eigenvalue weighted by Crippen LogP contribution is 2.28. The number of carbonyl (C=O) groups excluding carboxylic acids is 2. The van der Waals surface area contributed by atoms with Gasteiger partial charge in [-0.1, -0.05) is 0 Å². The quantitative estimate of drug-likeness (QED) is 0.424. The van der Waals surface area contributed by atoms with Crippen LogP contribution in [0.2, 0.25) is 0 Å². The van der Waals surface area contributed by atoms with Crippen LogP contribution in [0.5, 0.6) is 0 Å². The lowest BCUT2D eigenvalue weighted by Gasteiger charge is -2.21. The maximum absolute atomic E-state index is 14.4. The van der Waals surface area contributed by atoms with Crippen molar-refractivity contribution in [2.24, 2.45) is 7.05 Å². The first-order chi connectivity index (χ1) is 16.0. The molecule has 0 unspecified atom stereocenters. The van der Waals surface area contributed by atoms with Crippen LogP contribution in [-0.4, -0.2) is 44.3 Å². The summed E-state index contributed by atoms with van der Waals surface area (Å²) in [7, 11) is 2.96. The molecule has 3 heterocycles. The van der Waals surface area contributed by atoms with E-state index in [1.807, 2.05) is 25.1 Å². The number of halogens is 1. The van der Waals surface area contributed by atoms with Crippen LogP contribution in [0, 0.1) is 5.82 Å². The van der Waals surface area contributed by atoms with Crippen LogP contribution in [-0.2, 0) is 16.5 Å². The Morgan fingerprint density at radius 2 is 1.91 bits per heavy atom. The van der Waals surface area contributed by atoms with E-state index in [-0.39, 0.29) is 11.6 Å². The number of hydrogen-bond donors (Lipinski definition) is 2. The normalized spacial score (nSPS) is 12.7. The van der Waals surface area contributed by atoms with Crippen molar-refractivity contribution in [2.45, 2.75) is 39.3 Å². The van der Waals surface area contributed by atoms with Crippen LogP contribution in [0.25, 0.3) is 33.6 Å². The fraction of sp³-hybridized carbons (Fsp3) is 0.333. The fourth-order valence-corrected chi connectivity index (χ4v) is 3.66. The minimum atomic E-state index is -0.761. The van der Waals surface area contributed by atoms with Crippen LogP contribution in [0.3, 0.4) is 0 Å². The summed E-state index contributed by atoms with van der Waals surface area (Å²) >= 11 is 0. The Bertz CT molecular complexity index is 1420. The molecule has 0 saturated heterocycles. The van der Waals surface area contributed by atoms with Crippen molar-refractivity contribution in [3.8, 4) is 11.5 Å². The van der Waals surface area contributed by atoms with Gasteiger partial charge in [-0.2, -0.15) is 0 Å². The first kappa shape index (κ1) is 23.2. The molecule has 34 heavy (non-hydrogen) atoms. The fourth-order valence-electron chi connectivity index (χ4n) is 3.66. The number of imidazole rings is 1. The number of fused-ring (bicyclic) bond motifs is 2. The molecule has 1 atom stereocenters. The average molecular weight is 468 g/mol. The smallest absolute Gasteiger partial charge is 0.408 e. The first-order valence-electron chi connectivity index (χ1n) is 10.7. The molecule has 9 nitrogen and oxygen atoms in total. The Hall–Kier alpha value is -3.95. The Morgan fingerprint density at radius 1 is 1.18 bits per heavy atom. The van der Waals surface area contributed by atoms with Crippen molar-refractivity contribution in [1.82, 2.24) is 24.8 Å². The topological polar surface area (TPSA) is 111 Å². The van der Waals surface area contributed by atoms with Crippen LogP contribution >= 0.6 is 0 Å². The predicted octanol–water partition coefficient (Wildman–Crippen LogP) is 4.63. The molecule has 2 N–H and O–H groups in total. The number of aryl methyl sites for hydroxylation is 1. The maximum atomic E-state index is 14.4. The lowest BCUT2D eigenvalue weighted by atomic mass is 10.2. The molecule has 1 aromatic carbocycles. The zero-order valence-corrected chi connectivity index (χ0v) is 19.8. The van der Waals surface area contributed by atoms with E-state index in [4.69, 9.17) is 4.74 Å². The van der Waals surface area contributed by atoms with E-state index in [0.717, 1.165) is 5.39 Å². The van der Waals surface area contributed by atoms with E-state index in [1.165, 1.54) is 19.2 Å². The van der Waals surface area contributed by atoms with Crippen LogP contribution in [0.1, 0.15) is 49.8 Å². The number of carbonyl (C=O) groups is 2. The van der Waals surface area contributed by atoms with Gasteiger partial charge < -0.3 is 24.3 Å². The summed E-state index contributed by atoms with van der Waals surface area (Å²) in [5.74, 6) is -0.887. The molecule has 1 amide bonds. The number of nitrogens with zero attached hydrogens (tertiary/aromatic N) is 3. The summed E-state index contributed by atoms with van der Waals surface area (Å²) < 4.78 is 26.1. The van der Waals surface area contributed by atoms with Gasteiger partial charge in [-0.05, 0) is 52.0 Å². The highest BCUT2D eigenvalue weighted by Gasteiger charge is 2.21. The number of H-pyrrole nitrogens is 1. The van der Waals surface area contributed by atoms with Crippen LogP contribution in [0.15, 0.2) is 30.3 Å².